The highest BCUT2D eigenvalue weighted by Crippen LogP contribution is 2.30. The number of aromatic nitrogens is 2. The smallest absolute Gasteiger partial charge is 0.355 e. The van der Waals surface area contributed by atoms with Gasteiger partial charge in [-0.3, -0.25) is 8.77 Å². The first-order chi connectivity index (χ1) is 9.60. The van der Waals surface area contributed by atoms with Crippen molar-refractivity contribution in [1.29, 1.82) is 0 Å². The monoisotopic (exact) mass is 470 g/mol. The average Bonchev–Trinajstić information content (AvgIpc) is 2.84. The van der Waals surface area contributed by atoms with Crippen molar-refractivity contribution in [1.82, 2.24) is 8.96 Å². The highest BCUT2D eigenvalue weighted by molar-refractivity contribution is 14.2. The van der Waals surface area contributed by atoms with Gasteiger partial charge in [-0.25, -0.2) is 4.79 Å². The van der Waals surface area contributed by atoms with Gasteiger partial charge in [0.2, 0.25) is 0 Å². The van der Waals surface area contributed by atoms with Crippen LogP contribution in [0.1, 0.15) is 30.3 Å². The molecular formula is C12H12BrIN2O3S. The summed E-state index contributed by atoms with van der Waals surface area (Å²) in [7, 11) is 1.27. The van der Waals surface area contributed by atoms with E-state index in [1.807, 2.05) is 28.1 Å². The molecule has 0 spiro atoms. The van der Waals surface area contributed by atoms with Crippen LogP contribution in [0.3, 0.4) is 0 Å². The molecule has 0 aromatic carbocycles. The van der Waals surface area contributed by atoms with Crippen LogP contribution < -0.4 is 5.56 Å². The Morgan fingerprint density at radius 3 is 3.00 bits per heavy atom. The third-order valence-corrected chi connectivity index (χ3v) is 5.12. The molecule has 0 aliphatic carbocycles. The zero-order valence-corrected chi connectivity index (χ0v) is 15.2. The molecule has 2 aromatic heterocycles. The summed E-state index contributed by atoms with van der Waals surface area (Å²) in [6.45, 7) is 2.42. The quantitative estimate of drug-likeness (QED) is 0.409. The number of hydrogen-bond donors (Lipinski definition) is 1. The predicted molar refractivity (Wildman–Crippen MR) is 92.5 cm³/mol. The molecule has 0 bridgehead atoms. The second kappa shape index (κ2) is 6.99. The molecule has 2 aromatic rings. The van der Waals surface area contributed by atoms with Gasteiger partial charge >= 0.3 is 5.97 Å². The normalized spacial score (nSPS) is 10.9. The molecule has 1 N–H and O–H groups in total. The Labute approximate surface area is 140 Å². The molecule has 0 saturated carbocycles. The van der Waals surface area contributed by atoms with Crippen molar-refractivity contribution in [3.8, 4) is 0 Å². The minimum Gasteiger partial charge on any atom is -0.461 e. The van der Waals surface area contributed by atoms with Gasteiger partial charge in [-0.05, 0) is 28.4 Å². The van der Waals surface area contributed by atoms with Crippen LogP contribution in [-0.2, 0) is 4.74 Å². The SMILES string of the molecule is CCCCOC(=O)c1cc2c(Br)c[nH]c(=O)c2n1SI. The Bertz CT molecular complexity index is 698. The molecule has 20 heavy (non-hydrogen) atoms. The molecule has 0 saturated heterocycles. The summed E-state index contributed by atoms with van der Waals surface area (Å²) in [6, 6.07) is 1.68. The fraction of sp³-hybridized carbons (Fsp3) is 0.333. The van der Waals surface area contributed by atoms with Gasteiger partial charge < -0.3 is 9.72 Å². The number of carbonyl (C=O) groups excluding carboxylic acids is 1. The van der Waals surface area contributed by atoms with Crippen LogP contribution in [-0.4, -0.2) is 21.5 Å². The molecule has 0 atom stereocenters. The first-order valence-corrected chi connectivity index (χ1v) is 10.1. The van der Waals surface area contributed by atoms with Crippen LogP contribution in [0.5, 0.6) is 0 Å². The van der Waals surface area contributed by atoms with E-state index in [-0.39, 0.29) is 5.56 Å². The standard InChI is InChI=1S/C12H12BrIN2O3S/c1-2-3-4-19-12(18)9-5-7-8(13)6-15-11(17)10(7)16(9)20-14/h5-6H,2-4H2,1H3,(H,15,17). The van der Waals surface area contributed by atoms with Gasteiger partial charge in [-0.2, -0.15) is 0 Å². The van der Waals surface area contributed by atoms with E-state index in [2.05, 4.69) is 20.9 Å². The van der Waals surface area contributed by atoms with Crippen molar-refractivity contribution >= 4 is 63.1 Å². The van der Waals surface area contributed by atoms with E-state index in [1.165, 1.54) is 9.12 Å². The maximum Gasteiger partial charge on any atom is 0.355 e. The molecule has 8 heteroatoms. The van der Waals surface area contributed by atoms with Gasteiger partial charge in [0.1, 0.15) is 11.2 Å². The summed E-state index contributed by atoms with van der Waals surface area (Å²) in [4.78, 5) is 26.7. The molecular weight excluding hydrogens is 459 g/mol. The van der Waals surface area contributed by atoms with Crippen molar-refractivity contribution in [3.63, 3.8) is 0 Å². The number of halogens is 2. The topological polar surface area (TPSA) is 64.1 Å². The zero-order valence-electron chi connectivity index (χ0n) is 10.6. The first kappa shape index (κ1) is 15.9. The Kier molecular flexibility index (Phi) is 5.56. The second-order valence-electron chi connectivity index (χ2n) is 4.11. The lowest BCUT2D eigenvalue weighted by Crippen LogP contribution is -2.12. The molecule has 2 heterocycles. The minimum atomic E-state index is -0.412. The van der Waals surface area contributed by atoms with E-state index in [4.69, 9.17) is 4.74 Å². The van der Waals surface area contributed by atoms with Crippen molar-refractivity contribution < 1.29 is 9.53 Å². The van der Waals surface area contributed by atoms with Gasteiger partial charge in [0.15, 0.2) is 0 Å². The number of H-pyrrole nitrogens is 1. The summed E-state index contributed by atoms with van der Waals surface area (Å²) < 4.78 is 7.54. The summed E-state index contributed by atoms with van der Waals surface area (Å²) in [5.41, 5.74) is 0.578. The van der Waals surface area contributed by atoms with Gasteiger partial charge in [-0.1, -0.05) is 13.3 Å². The Hall–Kier alpha value is -0.480. The Morgan fingerprint density at radius 2 is 2.35 bits per heavy atom. The Balaban J connectivity index is 2.49. The zero-order chi connectivity index (χ0) is 14.7. The van der Waals surface area contributed by atoms with Crippen molar-refractivity contribution in [2.75, 3.05) is 6.61 Å². The lowest BCUT2D eigenvalue weighted by molar-refractivity contribution is 0.0492. The molecule has 0 amide bonds. The van der Waals surface area contributed by atoms with E-state index in [0.29, 0.717) is 23.2 Å². The van der Waals surface area contributed by atoms with Crippen LogP contribution in [0.25, 0.3) is 10.9 Å². The molecule has 108 valence electrons. The summed E-state index contributed by atoms with van der Waals surface area (Å²) in [6.07, 6.45) is 3.36. The lowest BCUT2D eigenvalue weighted by Gasteiger charge is -2.05. The highest BCUT2D eigenvalue weighted by atomic mass is 127. The van der Waals surface area contributed by atoms with Crippen LogP contribution in [0, 0.1) is 0 Å². The Morgan fingerprint density at radius 1 is 1.60 bits per heavy atom. The van der Waals surface area contributed by atoms with Gasteiger partial charge in [-0.15, -0.1) is 0 Å². The summed E-state index contributed by atoms with van der Waals surface area (Å²) >= 11 is 5.41. The van der Waals surface area contributed by atoms with E-state index >= 15 is 0 Å². The molecule has 0 unspecified atom stereocenters. The number of aromatic amines is 1. The number of nitrogens with one attached hydrogen (secondary N) is 1. The maximum absolute atomic E-state index is 12.1. The van der Waals surface area contributed by atoms with Gasteiger partial charge in [0.25, 0.3) is 5.56 Å². The molecule has 0 radical (unpaired) electrons. The van der Waals surface area contributed by atoms with E-state index in [0.717, 1.165) is 17.3 Å². The largest absolute Gasteiger partial charge is 0.461 e. The maximum atomic E-state index is 12.1. The van der Waals surface area contributed by atoms with Crippen molar-refractivity contribution in [2.45, 2.75) is 19.8 Å². The number of fused-ring (bicyclic) bond motifs is 1. The number of unbranched alkanes of at least 4 members (excludes halogenated alkanes) is 1. The molecule has 2 rings (SSSR count). The fourth-order valence-corrected chi connectivity index (χ4v) is 3.86. The highest BCUT2D eigenvalue weighted by Gasteiger charge is 2.20. The van der Waals surface area contributed by atoms with E-state index in [9.17, 15) is 9.59 Å². The number of ether oxygens (including phenoxy) is 1. The molecule has 5 nitrogen and oxygen atoms in total. The molecule has 0 fully saturated rings. The van der Waals surface area contributed by atoms with Crippen LogP contribution in [0.4, 0.5) is 0 Å². The van der Waals surface area contributed by atoms with Crippen molar-refractivity contribution in [3.05, 3.63) is 32.8 Å². The van der Waals surface area contributed by atoms with Crippen LogP contribution in [0.2, 0.25) is 0 Å². The molecule has 0 aliphatic heterocycles. The van der Waals surface area contributed by atoms with E-state index in [1.54, 1.807) is 16.2 Å². The third-order valence-electron chi connectivity index (χ3n) is 2.77. The van der Waals surface area contributed by atoms with Crippen LogP contribution in [0.15, 0.2) is 21.5 Å². The number of pyridine rings is 1. The lowest BCUT2D eigenvalue weighted by atomic mass is 10.3. The van der Waals surface area contributed by atoms with E-state index < -0.39 is 5.97 Å². The number of hydrogen-bond acceptors (Lipinski definition) is 4. The number of rotatable bonds is 5. The third kappa shape index (κ3) is 3.06. The predicted octanol–water partition coefficient (Wildman–Crippen LogP) is 3.90. The number of carbonyl (C=O) groups is 1. The average molecular weight is 471 g/mol. The first-order valence-electron chi connectivity index (χ1n) is 5.99. The summed E-state index contributed by atoms with van der Waals surface area (Å²) in [5, 5.41) is 0.695. The van der Waals surface area contributed by atoms with Crippen molar-refractivity contribution in [2.24, 2.45) is 0 Å². The second-order valence-corrected chi connectivity index (χ2v) is 6.65. The fourth-order valence-electron chi connectivity index (χ4n) is 1.76. The number of nitrogens with zero attached hydrogens (tertiary/aromatic N) is 1. The molecule has 0 aliphatic rings. The summed E-state index contributed by atoms with van der Waals surface area (Å²) in [5.74, 6) is -0.412. The minimum absolute atomic E-state index is 0.236. The van der Waals surface area contributed by atoms with Crippen LogP contribution >= 0.6 is 46.3 Å². The number of esters is 1. The van der Waals surface area contributed by atoms with Gasteiger partial charge in [0.05, 0.1) is 6.61 Å². The van der Waals surface area contributed by atoms with Gasteiger partial charge in [0, 0.05) is 46.4 Å².